The van der Waals surface area contributed by atoms with Gasteiger partial charge in [-0.15, -0.1) is 12.6 Å². The van der Waals surface area contributed by atoms with Gasteiger partial charge in [0.25, 0.3) is 0 Å². The molecule has 0 saturated carbocycles. The molecule has 0 aliphatic rings. The highest BCUT2D eigenvalue weighted by atomic mass is 32.1. The zero-order chi connectivity index (χ0) is 10.4. The van der Waals surface area contributed by atoms with Crippen LogP contribution in [0.5, 0.6) is 0 Å². The molecular formula is C13H16S. The molecule has 0 N–H and O–H groups in total. The van der Waals surface area contributed by atoms with E-state index in [0.29, 0.717) is 0 Å². The van der Waals surface area contributed by atoms with Gasteiger partial charge in [0.05, 0.1) is 0 Å². The van der Waals surface area contributed by atoms with Gasteiger partial charge in [-0.2, -0.15) is 0 Å². The summed E-state index contributed by atoms with van der Waals surface area (Å²) in [6.07, 6.45) is 7.08. The molecule has 0 radical (unpaired) electrons. The number of hydrogen-bond acceptors (Lipinski definition) is 1. The Hall–Kier alpha value is -0.950. The fourth-order valence-corrected chi connectivity index (χ4v) is 1.43. The fourth-order valence-electron chi connectivity index (χ4n) is 1.19. The molecule has 0 amide bonds. The van der Waals surface area contributed by atoms with Crippen molar-refractivity contribution in [3.8, 4) is 0 Å². The van der Waals surface area contributed by atoms with E-state index in [0.717, 1.165) is 11.3 Å². The Kier molecular flexibility index (Phi) is 4.54. The Balaban J connectivity index is 2.86. The number of allylic oxidation sites excluding steroid dienone is 3. The van der Waals surface area contributed by atoms with Gasteiger partial charge in [0, 0.05) is 4.91 Å². The van der Waals surface area contributed by atoms with Crippen molar-refractivity contribution in [2.45, 2.75) is 20.3 Å². The maximum atomic E-state index is 4.43. The van der Waals surface area contributed by atoms with E-state index in [2.05, 4.69) is 43.8 Å². The Morgan fingerprint density at radius 1 is 1.29 bits per heavy atom. The Labute approximate surface area is 91.8 Å². The van der Waals surface area contributed by atoms with Crippen molar-refractivity contribution in [1.29, 1.82) is 0 Å². The minimum atomic E-state index is 1.01. The second kappa shape index (κ2) is 5.71. The lowest BCUT2D eigenvalue weighted by molar-refractivity contribution is 1.14. The van der Waals surface area contributed by atoms with Gasteiger partial charge in [-0.25, -0.2) is 0 Å². The normalized spacial score (nSPS) is 12.4. The fraction of sp³-hybridized carbons (Fsp3) is 0.231. The van der Waals surface area contributed by atoms with Gasteiger partial charge in [0.15, 0.2) is 0 Å². The Morgan fingerprint density at radius 2 is 1.93 bits per heavy atom. The van der Waals surface area contributed by atoms with Crippen molar-refractivity contribution >= 4 is 17.5 Å². The highest BCUT2D eigenvalue weighted by molar-refractivity contribution is 7.90. The number of hydrogen-bond donors (Lipinski definition) is 1. The number of thiol groups is 1. The van der Waals surface area contributed by atoms with Gasteiger partial charge < -0.3 is 0 Å². The molecule has 0 unspecified atom stereocenters. The molecular weight excluding hydrogens is 188 g/mol. The summed E-state index contributed by atoms with van der Waals surface area (Å²) < 4.78 is 0. The third kappa shape index (κ3) is 3.08. The molecule has 1 aromatic rings. The molecule has 0 bridgehead atoms. The van der Waals surface area contributed by atoms with Gasteiger partial charge in [-0.05, 0) is 30.5 Å². The van der Waals surface area contributed by atoms with Crippen LogP contribution in [-0.4, -0.2) is 0 Å². The topological polar surface area (TPSA) is 0 Å². The second-order valence-electron chi connectivity index (χ2n) is 3.13. The molecule has 1 aromatic carbocycles. The first-order chi connectivity index (χ1) is 6.77. The van der Waals surface area contributed by atoms with Crippen LogP contribution in [0.2, 0.25) is 0 Å². The zero-order valence-corrected chi connectivity index (χ0v) is 9.59. The van der Waals surface area contributed by atoms with Gasteiger partial charge in [-0.1, -0.05) is 43.3 Å². The Bertz CT molecular complexity index is 331. The van der Waals surface area contributed by atoms with Gasteiger partial charge >= 0.3 is 0 Å². The van der Waals surface area contributed by atoms with Crippen molar-refractivity contribution in [2.24, 2.45) is 0 Å². The lowest BCUT2D eigenvalue weighted by Crippen LogP contribution is -1.81. The number of rotatable bonds is 3. The van der Waals surface area contributed by atoms with Crippen LogP contribution >= 0.6 is 12.6 Å². The molecule has 0 aliphatic heterocycles. The maximum Gasteiger partial charge on any atom is 0.0112 e. The molecule has 74 valence electrons. The maximum absolute atomic E-state index is 4.43. The molecule has 0 saturated heterocycles. The summed E-state index contributed by atoms with van der Waals surface area (Å²) in [4.78, 5) is 1.01. The molecule has 0 aromatic heterocycles. The van der Waals surface area contributed by atoms with E-state index < -0.39 is 0 Å². The first kappa shape index (κ1) is 11.1. The molecule has 14 heavy (non-hydrogen) atoms. The molecule has 0 spiro atoms. The van der Waals surface area contributed by atoms with Crippen molar-refractivity contribution in [3.05, 3.63) is 53.6 Å². The predicted octanol–water partition coefficient (Wildman–Crippen LogP) is 4.10. The van der Waals surface area contributed by atoms with E-state index in [-0.39, 0.29) is 0 Å². The highest BCUT2D eigenvalue weighted by Gasteiger charge is 1.94. The van der Waals surface area contributed by atoms with Crippen LogP contribution in [0.15, 0.2) is 42.5 Å². The van der Waals surface area contributed by atoms with Gasteiger partial charge in [0.2, 0.25) is 0 Å². The monoisotopic (exact) mass is 204 g/mol. The molecule has 0 heterocycles. The van der Waals surface area contributed by atoms with E-state index >= 15 is 0 Å². The molecule has 0 atom stereocenters. The number of aryl methyl sites for hydroxylation is 1. The quantitative estimate of drug-likeness (QED) is 0.556. The van der Waals surface area contributed by atoms with Crippen molar-refractivity contribution in [1.82, 2.24) is 0 Å². The van der Waals surface area contributed by atoms with Crippen molar-refractivity contribution in [3.63, 3.8) is 0 Å². The molecule has 0 nitrogen and oxygen atoms in total. The standard InChI is InChI=1S/C13H16S/c1-3-5-6-13(14)12-9-7-11(4-2)8-10-12/h3,5-10,14H,4H2,1-2H3/b5-3+,13-6-. The average molecular weight is 204 g/mol. The summed E-state index contributed by atoms with van der Waals surface area (Å²) in [5, 5.41) is 0. The first-order valence-electron chi connectivity index (χ1n) is 4.89. The minimum Gasteiger partial charge on any atom is -0.143 e. The zero-order valence-electron chi connectivity index (χ0n) is 8.70. The minimum absolute atomic E-state index is 1.01. The van der Waals surface area contributed by atoms with Crippen LogP contribution in [-0.2, 0) is 6.42 Å². The summed E-state index contributed by atoms with van der Waals surface area (Å²) in [5.74, 6) is 0. The molecule has 1 rings (SSSR count). The molecule has 0 aliphatic carbocycles. The van der Waals surface area contributed by atoms with E-state index in [1.54, 1.807) is 0 Å². The summed E-state index contributed by atoms with van der Waals surface area (Å²) in [6, 6.07) is 8.52. The largest absolute Gasteiger partial charge is 0.143 e. The van der Waals surface area contributed by atoms with Gasteiger partial charge in [-0.3, -0.25) is 0 Å². The van der Waals surface area contributed by atoms with Gasteiger partial charge in [0.1, 0.15) is 0 Å². The van der Waals surface area contributed by atoms with Crippen molar-refractivity contribution in [2.75, 3.05) is 0 Å². The van der Waals surface area contributed by atoms with Crippen LogP contribution in [0.4, 0.5) is 0 Å². The van der Waals surface area contributed by atoms with Crippen LogP contribution < -0.4 is 0 Å². The van der Waals surface area contributed by atoms with Crippen LogP contribution in [0.3, 0.4) is 0 Å². The molecule has 0 fully saturated rings. The van der Waals surface area contributed by atoms with E-state index in [4.69, 9.17) is 0 Å². The first-order valence-corrected chi connectivity index (χ1v) is 5.34. The second-order valence-corrected chi connectivity index (χ2v) is 3.61. The smallest absolute Gasteiger partial charge is 0.0112 e. The predicted molar refractivity (Wildman–Crippen MR) is 67.6 cm³/mol. The van der Waals surface area contributed by atoms with E-state index in [1.807, 2.05) is 25.2 Å². The lowest BCUT2D eigenvalue weighted by Gasteiger charge is -2.01. The van der Waals surface area contributed by atoms with E-state index in [1.165, 1.54) is 11.1 Å². The highest BCUT2D eigenvalue weighted by Crippen LogP contribution is 2.18. The van der Waals surface area contributed by atoms with Crippen LogP contribution in [0.25, 0.3) is 4.91 Å². The average Bonchev–Trinajstić information content (AvgIpc) is 2.26. The summed E-state index contributed by atoms with van der Waals surface area (Å²) in [5.41, 5.74) is 2.53. The molecule has 1 heteroatoms. The summed E-state index contributed by atoms with van der Waals surface area (Å²) in [7, 11) is 0. The third-order valence-corrected chi connectivity index (χ3v) is 2.51. The summed E-state index contributed by atoms with van der Waals surface area (Å²) >= 11 is 4.43. The van der Waals surface area contributed by atoms with E-state index in [9.17, 15) is 0 Å². The SMILES string of the molecule is C/C=C/C=C(\S)c1ccc(CC)cc1. The van der Waals surface area contributed by atoms with Crippen molar-refractivity contribution < 1.29 is 0 Å². The van der Waals surface area contributed by atoms with Crippen LogP contribution in [0, 0.1) is 0 Å². The Morgan fingerprint density at radius 3 is 2.43 bits per heavy atom. The third-order valence-electron chi connectivity index (χ3n) is 2.10. The van der Waals surface area contributed by atoms with Crippen LogP contribution in [0.1, 0.15) is 25.0 Å². The summed E-state index contributed by atoms with van der Waals surface area (Å²) in [6.45, 7) is 4.16. The number of benzene rings is 1. The lowest BCUT2D eigenvalue weighted by atomic mass is 10.1.